The van der Waals surface area contributed by atoms with Crippen LogP contribution in [0, 0.1) is 12.7 Å². The van der Waals surface area contributed by atoms with Gasteiger partial charge in [-0.3, -0.25) is 0 Å². The molecule has 1 aromatic heterocycles. The van der Waals surface area contributed by atoms with E-state index in [1.165, 1.54) is 12.1 Å². The number of rotatable bonds is 1. The number of hydrogen-bond donors (Lipinski definition) is 1. The van der Waals surface area contributed by atoms with Gasteiger partial charge in [0.05, 0.1) is 11.3 Å². The van der Waals surface area contributed by atoms with Crippen LogP contribution in [0.4, 0.5) is 23.4 Å². The van der Waals surface area contributed by atoms with Gasteiger partial charge in [-0.2, -0.15) is 13.2 Å². The molecule has 0 bridgehead atoms. The average molecular weight is 270 g/mol. The minimum atomic E-state index is -4.52. The zero-order chi connectivity index (χ0) is 14.2. The van der Waals surface area contributed by atoms with Crippen LogP contribution >= 0.6 is 0 Å². The number of alkyl halides is 3. The van der Waals surface area contributed by atoms with Crippen molar-refractivity contribution in [3.8, 4) is 11.3 Å². The molecule has 19 heavy (non-hydrogen) atoms. The summed E-state index contributed by atoms with van der Waals surface area (Å²) in [6.07, 6.45) is -4.52. The number of nitrogens with two attached hydrogens (primary N) is 1. The van der Waals surface area contributed by atoms with Crippen LogP contribution in [0.3, 0.4) is 0 Å². The smallest absolute Gasteiger partial charge is 0.384 e. The molecule has 0 aliphatic carbocycles. The van der Waals surface area contributed by atoms with Crippen LogP contribution in [-0.4, -0.2) is 4.98 Å². The van der Waals surface area contributed by atoms with E-state index in [9.17, 15) is 17.6 Å². The summed E-state index contributed by atoms with van der Waals surface area (Å²) >= 11 is 0. The number of aryl methyl sites for hydroxylation is 1. The Morgan fingerprint density at radius 2 is 1.79 bits per heavy atom. The van der Waals surface area contributed by atoms with Crippen molar-refractivity contribution in [2.75, 3.05) is 5.73 Å². The Morgan fingerprint density at radius 1 is 1.11 bits per heavy atom. The summed E-state index contributed by atoms with van der Waals surface area (Å²) in [4.78, 5) is 3.83. The van der Waals surface area contributed by atoms with E-state index >= 15 is 0 Å². The lowest BCUT2D eigenvalue weighted by Gasteiger charge is -2.11. The molecule has 0 spiro atoms. The fraction of sp³-hybridized carbons (Fsp3) is 0.154. The van der Waals surface area contributed by atoms with Crippen molar-refractivity contribution in [1.29, 1.82) is 0 Å². The molecule has 0 aliphatic heterocycles. The largest absolute Gasteiger partial charge is 0.416 e. The van der Waals surface area contributed by atoms with Crippen molar-refractivity contribution in [1.82, 2.24) is 4.98 Å². The molecule has 2 N–H and O–H groups in total. The molecule has 0 saturated carbocycles. The predicted molar refractivity (Wildman–Crippen MR) is 63.8 cm³/mol. The van der Waals surface area contributed by atoms with E-state index in [0.29, 0.717) is 5.56 Å². The molecule has 0 amide bonds. The summed E-state index contributed by atoms with van der Waals surface area (Å²) in [5.74, 6) is -0.799. The minimum Gasteiger partial charge on any atom is -0.384 e. The Balaban J connectivity index is 2.63. The first-order chi connectivity index (χ1) is 8.77. The molecular weight excluding hydrogens is 260 g/mol. The van der Waals surface area contributed by atoms with E-state index in [1.54, 1.807) is 6.92 Å². The Hall–Kier alpha value is -2.11. The number of aromatic nitrogens is 1. The molecular formula is C13H10F4N2. The second kappa shape index (κ2) is 4.53. The molecule has 1 heterocycles. The van der Waals surface area contributed by atoms with Crippen molar-refractivity contribution in [3.05, 3.63) is 47.3 Å². The SMILES string of the molecule is Cc1ccc(F)cc1-c1cc(C(F)(F)F)cc(N)n1. The number of nitrogens with zero attached hydrogens (tertiary/aromatic N) is 1. The van der Waals surface area contributed by atoms with Gasteiger partial charge in [0.15, 0.2) is 0 Å². The molecule has 6 heteroatoms. The number of halogens is 4. The van der Waals surface area contributed by atoms with Gasteiger partial charge < -0.3 is 5.73 Å². The normalized spacial score (nSPS) is 11.6. The monoisotopic (exact) mass is 270 g/mol. The summed E-state index contributed by atoms with van der Waals surface area (Å²) < 4.78 is 51.2. The Labute approximate surface area is 106 Å². The van der Waals surface area contributed by atoms with Gasteiger partial charge in [0, 0.05) is 5.56 Å². The van der Waals surface area contributed by atoms with Gasteiger partial charge in [0.25, 0.3) is 0 Å². The Morgan fingerprint density at radius 3 is 2.42 bits per heavy atom. The lowest BCUT2D eigenvalue weighted by Crippen LogP contribution is -2.07. The average Bonchev–Trinajstić information content (AvgIpc) is 2.30. The van der Waals surface area contributed by atoms with Gasteiger partial charge in [0.2, 0.25) is 0 Å². The summed E-state index contributed by atoms with van der Waals surface area (Å²) in [6.45, 7) is 1.66. The fourth-order valence-electron chi connectivity index (χ4n) is 1.72. The van der Waals surface area contributed by atoms with Crippen molar-refractivity contribution in [2.45, 2.75) is 13.1 Å². The van der Waals surface area contributed by atoms with Crippen LogP contribution in [0.25, 0.3) is 11.3 Å². The highest BCUT2D eigenvalue weighted by atomic mass is 19.4. The van der Waals surface area contributed by atoms with Gasteiger partial charge in [-0.15, -0.1) is 0 Å². The zero-order valence-corrected chi connectivity index (χ0v) is 9.92. The van der Waals surface area contributed by atoms with Gasteiger partial charge >= 0.3 is 6.18 Å². The fourth-order valence-corrected chi connectivity index (χ4v) is 1.72. The Kier molecular flexibility index (Phi) is 3.18. The first kappa shape index (κ1) is 13.3. The van der Waals surface area contributed by atoms with Crippen LogP contribution in [0.5, 0.6) is 0 Å². The Bertz CT molecular complexity index is 621. The van der Waals surface area contributed by atoms with E-state index < -0.39 is 17.6 Å². The quantitative estimate of drug-likeness (QED) is 0.800. The predicted octanol–water partition coefficient (Wildman–Crippen LogP) is 3.80. The molecule has 0 fully saturated rings. The number of hydrogen-bond acceptors (Lipinski definition) is 2. The third-order valence-corrected chi connectivity index (χ3v) is 2.65. The van der Waals surface area contributed by atoms with Crippen molar-refractivity contribution < 1.29 is 17.6 Å². The van der Waals surface area contributed by atoms with Crippen LogP contribution in [0.1, 0.15) is 11.1 Å². The molecule has 2 rings (SSSR count). The van der Waals surface area contributed by atoms with Crippen LogP contribution < -0.4 is 5.73 Å². The number of pyridine rings is 1. The van der Waals surface area contributed by atoms with Gasteiger partial charge in [-0.1, -0.05) is 6.07 Å². The van der Waals surface area contributed by atoms with E-state index in [0.717, 1.165) is 18.2 Å². The summed E-state index contributed by atoms with van der Waals surface area (Å²) in [5, 5.41) is 0. The summed E-state index contributed by atoms with van der Waals surface area (Å²) in [5.41, 5.74) is 5.38. The maximum Gasteiger partial charge on any atom is 0.416 e. The highest BCUT2D eigenvalue weighted by Gasteiger charge is 2.31. The molecule has 0 saturated heterocycles. The summed E-state index contributed by atoms with van der Waals surface area (Å²) in [6, 6.07) is 5.45. The van der Waals surface area contributed by atoms with Crippen LogP contribution in [0.15, 0.2) is 30.3 Å². The molecule has 0 unspecified atom stereocenters. The molecule has 0 radical (unpaired) electrons. The topological polar surface area (TPSA) is 38.9 Å². The van der Waals surface area contributed by atoms with Gasteiger partial charge in [-0.25, -0.2) is 9.37 Å². The maximum atomic E-state index is 13.2. The second-order valence-electron chi connectivity index (χ2n) is 4.12. The zero-order valence-electron chi connectivity index (χ0n) is 9.92. The standard InChI is InChI=1S/C13H10F4N2/c1-7-2-3-9(14)6-10(7)11-4-8(13(15,16)17)5-12(18)19-11/h2-6H,1H3,(H2,18,19). The highest BCUT2D eigenvalue weighted by molar-refractivity contribution is 5.66. The molecule has 2 nitrogen and oxygen atoms in total. The first-order valence-electron chi connectivity index (χ1n) is 5.38. The molecule has 100 valence electrons. The van der Waals surface area contributed by atoms with Crippen molar-refractivity contribution in [3.63, 3.8) is 0 Å². The lowest BCUT2D eigenvalue weighted by molar-refractivity contribution is -0.137. The molecule has 0 aliphatic rings. The van der Waals surface area contributed by atoms with Crippen LogP contribution in [-0.2, 0) is 6.18 Å². The maximum absolute atomic E-state index is 13.2. The molecule has 0 atom stereocenters. The third kappa shape index (κ3) is 2.83. The molecule has 2 aromatic rings. The second-order valence-corrected chi connectivity index (χ2v) is 4.12. The number of benzene rings is 1. The third-order valence-electron chi connectivity index (χ3n) is 2.65. The van der Waals surface area contributed by atoms with Crippen LogP contribution in [0.2, 0.25) is 0 Å². The highest BCUT2D eigenvalue weighted by Crippen LogP contribution is 2.33. The molecule has 1 aromatic carbocycles. The minimum absolute atomic E-state index is 0.00400. The van der Waals surface area contributed by atoms with Gasteiger partial charge in [0.1, 0.15) is 11.6 Å². The first-order valence-corrected chi connectivity index (χ1v) is 5.38. The summed E-state index contributed by atoms with van der Waals surface area (Å²) in [7, 11) is 0. The van der Waals surface area contributed by atoms with E-state index in [1.807, 2.05) is 0 Å². The van der Waals surface area contributed by atoms with Crippen molar-refractivity contribution in [2.24, 2.45) is 0 Å². The van der Waals surface area contributed by atoms with E-state index in [2.05, 4.69) is 4.98 Å². The van der Waals surface area contributed by atoms with E-state index in [4.69, 9.17) is 5.73 Å². The number of nitrogen functional groups attached to an aromatic ring is 1. The lowest BCUT2D eigenvalue weighted by atomic mass is 10.0. The van der Waals surface area contributed by atoms with Gasteiger partial charge in [-0.05, 0) is 36.8 Å². The number of anilines is 1. The van der Waals surface area contributed by atoms with Crippen molar-refractivity contribution >= 4 is 5.82 Å². The van der Waals surface area contributed by atoms with E-state index in [-0.39, 0.29) is 17.1 Å².